The van der Waals surface area contributed by atoms with Crippen LogP contribution in [0.15, 0.2) is 0 Å². The van der Waals surface area contributed by atoms with Crippen LogP contribution in [0.2, 0.25) is 0 Å². The Balaban J connectivity index is 3.31. The van der Waals surface area contributed by atoms with Crippen LogP contribution in [0.25, 0.3) is 0 Å². The molecule has 2 unspecified atom stereocenters. The maximum Gasteiger partial charge on any atom is 0.306 e. The zero-order valence-corrected chi connectivity index (χ0v) is 18.2. The van der Waals surface area contributed by atoms with E-state index in [1.165, 1.54) is 57.8 Å². The number of carbonyl (C=O) groups is 2. The number of carboxylic acids is 2. The first-order valence-electron chi connectivity index (χ1n) is 11.7. The molecule has 0 saturated carbocycles. The van der Waals surface area contributed by atoms with Gasteiger partial charge in [-0.2, -0.15) is 0 Å². The third-order valence-corrected chi connectivity index (χ3v) is 5.56. The van der Waals surface area contributed by atoms with Crippen LogP contribution in [-0.2, 0) is 9.59 Å². The molecule has 0 aromatic rings. The second-order valence-corrected chi connectivity index (χ2v) is 8.34. The molecule has 6 nitrogen and oxygen atoms in total. The van der Waals surface area contributed by atoms with Gasteiger partial charge in [0.05, 0.1) is 18.6 Å². The van der Waals surface area contributed by atoms with Gasteiger partial charge < -0.3 is 20.4 Å². The molecule has 29 heavy (non-hydrogen) atoms. The molecule has 6 heteroatoms. The molecule has 2 atom stereocenters. The highest BCUT2D eigenvalue weighted by atomic mass is 16.4. The summed E-state index contributed by atoms with van der Waals surface area (Å²) >= 11 is 0. The van der Waals surface area contributed by atoms with E-state index in [0.717, 1.165) is 38.5 Å². The van der Waals surface area contributed by atoms with E-state index < -0.39 is 24.0 Å². The average Bonchev–Trinajstić information content (AvgIpc) is 2.68. The van der Waals surface area contributed by atoms with E-state index in [9.17, 15) is 14.7 Å². The van der Waals surface area contributed by atoms with Crippen LogP contribution in [0, 0.1) is 5.92 Å². The molecule has 0 aliphatic heterocycles. The van der Waals surface area contributed by atoms with Gasteiger partial charge in [-0.15, -0.1) is 0 Å². The molecule has 0 spiro atoms. The van der Waals surface area contributed by atoms with Gasteiger partial charge in [-0.05, 0) is 19.3 Å². The van der Waals surface area contributed by atoms with Crippen LogP contribution in [0.4, 0.5) is 0 Å². The Kier molecular flexibility index (Phi) is 19.4. The van der Waals surface area contributed by atoms with E-state index in [4.69, 9.17) is 15.3 Å². The summed E-state index contributed by atoms with van der Waals surface area (Å²) in [6, 6.07) is 0. The highest BCUT2D eigenvalue weighted by Gasteiger charge is 2.20. The number of hydrogen-bond donors (Lipinski definition) is 4. The summed E-state index contributed by atoms with van der Waals surface area (Å²) in [4.78, 5) is 21.6. The van der Waals surface area contributed by atoms with Crippen molar-refractivity contribution in [3.8, 4) is 0 Å². The SMILES string of the molecule is O=C(O)CCCCCCCCCCCCCCCCCC(CC(O)CO)C(=O)O. The molecule has 0 fully saturated rings. The first-order chi connectivity index (χ1) is 14.0. The van der Waals surface area contributed by atoms with Gasteiger partial charge in [0.25, 0.3) is 0 Å². The molecule has 172 valence electrons. The Bertz CT molecular complexity index is 399. The summed E-state index contributed by atoms with van der Waals surface area (Å²) in [5.41, 5.74) is 0. The first kappa shape index (κ1) is 27.9. The lowest BCUT2D eigenvalue weighted by molar-refractivity contribution is -0.143. The van der Waals surface area contributed by atoms with Crippen molar-refractivity contribution in [3.63, 3.8) is 0 Å². The predicted molar refractivity (Wildman–Crippen MR) is 115 cm³/mol. The summed E-state index contributed by atoms with van der Waals surface area (Å²) in [5.74, 6) is -2.12. The van der Waals surface area contributed by atoms with Gasteiger partial charge in [-0.25, -0.2) is 0 Å². The van der Waals surface area contributed by atoms with Gasteiger partial charge in [-0.1, -0.05) is 89.9 Å². The van der Waals surface area contributed by atoms with E-state index in [-0.39, 0.29) is 13.0 Å². The molecule has 0 radical (unpaired) electrons. The maximum atomic E-state index is 11.2. The lowest BCUT2D eigenvalue weighted by atomic mass is 9.94. The molecule has 0 bridgehead atoms. The molecular formula is C23H44O6. The second kappa shape index (κ2) is 20.1. The Morgan fingerprint density at radius 1 is 0.621 bits per heavy atom. The largest absolute Gasteiger partial charge is 0.481 e. The van der Waals surface area contributed by atoms with Crippen LogP contribution >= 0.6 is 0 Å². The van der Waals surface area contributed by atoms with Gasteiger partial charge >= 0.3 is 11.9 Å². The molecule has 0 rings (SSSR count). The van der Waals surface area contributed by atoms with Crippen molar-refractivity contribution in [1.29, 1.82) is 0 Å². The molecule has 0 heterocycles. The van der Waals surface area contributed by atoms with Gasteiger partial charge in [0, 0.05) is 6.42 Å². The van der Waals surface area contributed by atoms with Gasteiger partial charge in [-0.3, -0.25) is 9.59 Å². The topological polar surface area (TPSA) is 115 Å². The fourth-order valence-corrected chi connectivity index (χ4v) is 3.71. The average molecular weight is 417 g/mol. The summed E-state index contributed by atoms with van der Waals surface area (Å²) in [7, 11) is 0. The quantitative estimate of drug-likeness (QED) is 0.181. The van der Waals surface area contributed by atoms with E-state index in [1.807, 2.05) is 0 Å². The fourth-order valence-electron chi connectivity index (χ4n) is 3.71. The standard InChI is InChI=1S/C23H44O6/c24-19-21(25)18-20(23(28)29)16-14-12-10-8-6-4-2-1-3-5-7-9-11-13-15-17-22(26)27/h20-21,24-25H,1-19H2,(H,26,27)(H,28,29). The number of carboxylic acid groups (broad SMARTS) is 2. The van der Waals surface area contributed by atoms with Crippen molar-refractivity contribution in [3.05, 3.63) is 0 Å². The van der Waals surface area contributed by atoms with Gasteiger partial charge in [0.2, 0.25) is 0 Å². The van der Waals surface area contributed by atoms with Crippen molar-refractivity contribution in [1.82, 2.24) is 0 Å². The summed E-state index contributed by atoms with van der Waals surface area (Å²) in [6.45, 7) is -0.377. The Morgan fingerprint density at radius 2 is 1.00 bits per heavy atom. The monoisotopic (exact) mass is 416 g/mol. The Hall–Kier alpha value is -1.14. The summed E-state index contributed by atoms with van der Waals surface area (Å²) < 4.78 is 0. The third-order valence-electron chi connectivity index (χ3n) is 5.56. The Morgan fingerprint density at radius 3 is 1.34 bits per heavy atom. The smallest absolute Gasteiger partial charge is 0.306 e. The number of aliphatic hydroxyl groups is 2. The molecule has 0 aliphatic carbocycles. The second-order valence-electron chi connectivity index (χ2n) is 8.34. The van der Waals surface area contributed by atoms with Crippen LogP contribution in [-0.4, -0.2) is 45.1 Å². The van der Waals surface area contributed by atoms with E-state index in [2.05, 4.69) is 0 Å². The Labute approximate surface area is 176 Å². The normalized spacial score (nSPS) is 13.3. The van der Waals surface area contributed by atoms with Crippen molar-refractivity contribution in [2.24, 2.45) is 5.92 Å². The maximum absolute atomic E-state index is 11.2. The molecule has 4 N–H and O–H groups in total. The molecule has 0 saturated heterocycles. The zero-order valence-electron chi connectivity index (χ0n) is 18.2. The summed E-state index contributed by atoms with van der Waals surface area (Å²) in [6.07, 6.45) is 17.5. The van der Waals surface area contributed by atoms with Crippen molar-refractivity contribution < 1.29 is 30.0 Å². The molecule has 0 aliphatic rings. The number of aliphatic hydroxyl groups excluding tert-OH is 2. The van der Waals surface area contributed by atoms with Gasteiger partial charge in [0.1, 0.15) is 0 Å². The number of aliphatic carboxylic acids is 2. The predicted octanol–water partition coefficient (Wildman–Crippen LogP) is 5.15. The van der Waals surface area contributed by atoms with Crippen molar-refractivity contribution in [2.75, 3.05) is 6.61 Å². The number of rotatable bonds is 22. The van der Waals surface area contributed by atoms with Crippen LogP contribution in [0.5, 0.6) is 0 Å². The van der Waals surface area contributed by atoms with E-state index in [0.29, 0.717) is 12.8 Å². The van der Waals surface area contributed by atoms with E-state index in [1.54, 1.807) is 0 Å². The van der Waals surface area contributed by atoms with Gasteiger partial charge in [0.15, 0.2) is 0 Å². The highest BCUT2D eigenvalue weighted by molar-refractivity contribution is 5.69. The molecular weight excluding hydrogens is 372 g/mol. The number of unbranched alkanes of at least 4 members (excludes halogenated alkanes) is 14. The van der Waals surface area contributed by atoms with Crippen LogP contribution in [0.3, 0.4) is 0 Å². The number of hydrogen-bond acceptors (Lipinski definition) is 4. The molecule has 0 aromatic carbocycles. The zero-order chi connectivity index (χ0) is 21.7. The van der Waals surface area contributed by atoms with E-state index >= 15 is 0 Å². The lowest BCUT2D eigenvalue weighted by Crippen LogP contribution is -2.23. The minimum Gasteiger partial charge on any atom is -0.481 e. The van der Waals surface area contributed by atoms with Crippen molar-refractivity contribution >= 4 is 11.9 Å². The fraction of sp³-hybridized carbons (Fsp3) is 0.913. The van der Waals surface area contributed by atoms with Crippen molar-refractivity contribution in [2.45, 2.75) is 122 Å². The molecule has 0 amide bonds. The highest BCUT2D eigenvalue weighted by Crippen LogP contribution is 2.18. The minimum atomic E-state index is -0.931. The minimum absolute atomic E-state index is 0.135. The first-order valence-corrected chi connectivity index (χ1v) is 11.7. The van der Waals surface area contributed by atoms with Crippen LogP contribution < -0.4 is 0 Å². The summed E-state index contributed by atoms with van der Waals surface area (Å²) in [5, 5.41) is 35.9. The third kappa shape index (κ3) is 19.9. The molecule has 0 aromatic heterocycles. The lowest BCUT2D eigenvalue weighted by Gasteiger charge is -2.15. The van der Waals surface area contributed by atoms with Crippen LogP contribution in [0.1, 0.15) is 116 Å².